The molecule has 132 valence electrons. The minimum Gasteiger partial charge on any atom is -0.507 e. The Bertz CT molecular complexity index is 713. The number of nitriles is 2. The summed E-state index contributed by atoms with van der Waals surface area (Å²) >= 11 is 0. The number of ether oxygens (including phenoxy) is 1. The number of carbonyl (C=O) groups excluding carboxylic acids is 1. The van der Waals surface area contributed by atoms with E-state index in [2.05, 4.69) is 16.9 Å². The lowest BCUT2D eigenvalue weighted by molar-refractivity contribution is -0.134. The van der Waals surface area contributed by atoms with Crippen LogP contribution in [0.15, 0.2) is 18.2 Å². The van der Waals surface area contributed by atoms with Crippen LogP contribution in [0, 0.1) is 22.7 Å². The smallest absolute Gasteiger partial charge is 0.330 e. The zero-order valence-corrected chi connectivity index (χ0v) is 15.4. The molecule has 0 heterocycles. The number of phenols is 1. The summed E-state index contributed by atoms with van der Waals surface area (Å²) in [6.07, 6.45) is 3.35. The Hall–Kier alpha value is -2.79. The first-order valence-electron chi connectivity index (χ1n) is 7.97. The van der Waals surface area contributed by atoms with Gasteiger partial charge in [0.1, 0.15) is 5.75 Å². The number of aromatic hydroxyl groups is 1. The number of nitrogens with zero attached hydrogens (tertiary/aromatic N) is 2. The third kappa shape index (κ3) is 4.84. The van der Waals surface area contributed by atoms with Crippen LogP contribution in [0.4, 0.5) is 0 Å². The number of hydrogen-bond donors (Lipinski definition) is 1. The lowest BCUT2D eigenvalue weighted by Gasteiger charge is -2.30. The summed E-state index contributed by atoms with van der Waals surface area (Å²) in [7, 11) is 1.30. The molecule has 5 heteroatoms. The number of hydrogen-bond acceptors (Lipinski definition) is 5. The summed E-state index contributed by atoms with van der Waals surface area (Å²) < 4.78 is 4.61. The molecule has 1 aromatic rings. The van der Waals surface area contributed by atoms with Crippen LogP contribution < -0.4 is 0 Å². The van der Waals surface area contributed by atoms with E-state index in [0.717, 1.165) is 0 Å². The van der Waals surface area contributed by atoms with Crippen molar-refractivity contribution in [3.8, 4) is 17.9 Å². The number of carbonyl (C=O) groups is 1. The monoisotopic (exact) mass is 340 g/mol. The van der Waals surface area contributed by atoms with Crippen molar-refractivity contribution < 1.29 is 14.6 Å². The Labute approximate surface area is 149 Å². The van der Waals surface area contributed by atoms with Crippen LogP contribution >= 0.6 is 0 Å². The van der Waals surface area contributed by atoms with E-state index in [1.54, 1.807) is 18.2 Å². The summed E-state index contributed by atoms with van der Waals surface area (Å²) in [6, 6.07) is 7.80. The van der Waals surface area contributed by atoms with Gasteiger partial charge in [-0.3, -0.25) is 0 Å². The molecular weight excluding hydrogens is 316 g/mol. The molecule has 1 rings (SSSR count). The van der Waals surface area contributed by atoms with Gasteiger partial charge < -0.3 is 9.84 Å². The average Bonchev–Trinajstić information content (AvgIpc) is 2.52. The van der Waals surface area contributed by atoms with Gasteiger partial charge in [-0.1, -0.05) is 27.7 Å². The normalized spacial score (nSPS) is 11.8. The Morgan fingerprint density at radius 3 is 1.92 bits per heavy atom. The van der Waals surface area contributed by atoms with Gasteiger partial charge in [-0.05, 0) is 23.8 Å². The van der Waals surface area contributed by atoms with Gasteiger partial charge in [0.15, 0.2) is 0 Å². The fourth-order valence-electron chi connectivity index (χ4n) is 2.60. The van der Waals surface area contributed by atoms with Gasteiger partial charge in [-0.25, -0.2) is 4.79 Å². The van der Waals surface area contributed by atoms with Crippen molar-refractivity contribution in [3.05, 3.63) is 34.9 Å². The Morgan fingerprint density at radius 2 is 1.56 bits per heavy atom. The summed E-state index contributed by atoms with van der Waals surface area (Å²) in [5.41, 5.74) is 0.769. The quantitative estimate of drug-likeness (QED) is 0.625. The van der Waals surface area contributed by atoms with Crippen LogP contribution in [0.3, 0.4) is 0 Å². The van der Waals surface area contributed by atoms with E-state index in [-0.39, 0.29) is 18.6 Å². The van der Waals surface area contributed by atoms with Crippen LogP contribution in [-0.4, -0.2) is 18.2 Å². The molecule has 0 radical (unpaired) electrons. The third-order valence-corrected chi connectivity index (χ3v) is 4.25. The fourth-order valence-corrected chi connectivity index (χ4v) is 2.60. The zero-order chi connectivity index (χ0) is 19.3. The Kier molecular flexibility index (Phi) is 6.36. The minimum absolute atomic E-state index is 0.0933. The second kappa shape index (κ2) is 7.85. The van der Waals surface area contributed by atoms with Crippen molar-refractivity contribution in [2.24, 2.45) is 0 Å². The molecule has 5 nitrogen and oxygen atoms in total. The first kappa shape index (κ1) is 20.3. The van der Waals surface area contributed by atoms with Crippen LogP contribution in [0.2, 0.25) is 0 Å². The van der Waals surface area contributed by atoms with E-state index in [1.807, 2.05) is 27.7 Å². The minimum atomic E-state index is -0.578. The van der Waals surface area contributed by atoms with Crippen molar-refractivity contribution in [2.45, 2.75) is 51.4 Å². The van der Waals surface area contributed by atoms with Crippen molar-refractivity contribution >= 4 is 12.0 Å². The number of esters is 1. The first-order chi connectivity index (χ1) is 11.6. The lowest BCUT2D eigenvalue weighted by Crippen LogP contribution is -2.21. The van der Waals surface area contributed by atoms with E-state index in [9.17, 15) is 9.90 Å². The van der Waals surface area contributed by atoms with Gasteiger partial charge in [0.05, 0.1) is 19.2 Å². The SMILES string of the molecule is COC(=O)/C=C/c1cc(C(C)(C)CC#N)c(O)c(C(C)(C)CC#N)c1. The number of rotatable bonds is 6. The molecule has 0 bridgehead atoms. The molecule has 25 heavy (non-hydrogen) atoms. The number of methoxy groups -OCH3 is 1. The maximum Gasteiger partial charge on any atom is 0.330 e. The highest BCUT2D eigenvalue weighted by Gasteiger charge is 2.31. The van der Waals surface area contributed by atoms with E-state index in [1.165, 1.54) is 13.2 Å². The summed E-state index contributed by atoms with van der Waals surface area (Å²) in [5.74, 6) is -0.389. The van der Waals surface area contributed by atoms with Crippen molar-refractivity contribution in [1.82, 2.24) is 0 Å². The molecule has 0 saturated carbocycles. The second-order valence-electron chi connectivity index (χ2n) is 7.26. The van der Waals surface area contributed by atoms with Crippen LogP contribution in [0.5, 0.6) is 5.75 Å². The molecule has 1 N–H and O–H groups in total. The molecule has 0 saturated heterocycles. The summed E-state index contributed by atoms with van der Waals surface area (Å²) in [4.78, 5) is 11.4. The first-order valence-corrected chi connectivity index (χ1v) is 7.97. The topological polar surface area (TPSA) is 94.1 Å². The maximum atomic E-state index is 11.4. The van der Waals surface area contributed by atoms with E-state index in [0.29, 0.717) is 16.7 Å². The molecular formula is C20H24N2O3. The highest BCUT2D eigenvalue weighted by molar-refractivity contribution is 5.87. The fraction of sp³-hybridized carbons (Fsp3) is 0.450. The number of phenolic OH excluding ortho intramolecular Hbond substituents is 1. The van der Waals surface area contributed by atoms with Gasteiger partial charge in [-0.15, -0.1) is 0 Å². The molecule has 0 amide bonds. The standard InChI is InChI=1S/C20H24N2O3/c1-19(2,8-10-21)15-12-14(6-7-17(23)25-5)13-16(18(15)24)20(3,4)9-11-22/h6-7,12-13,24H,8-9H2,1-5H3/b7-6+. The predicted octanol–water partition coefficient (Wildman–Crippen LogP) is 3.96. The zero-order valence-electron chi connectivity index (χ0n) is 15.4. The van der Waals surface area contributed by atoms with E-state index < -0.39 is 16.8 Å². The lowest BCUT2D eigenvalue weighted by atomic mass is 9.74. The highest BCUT2D eigenvalue weighted by Crippen LogP contribution is 2.42. The highest BCUT2D eigenvalue weighted by atomic mass is 16.5. The Morgan fingerprint density at radius 1 is 1.12 bits per heavy atom. The molecule has 0 spiro atoms. The van der Waals surface area contributed by atoms with Crippen molar-refractivity contribution in [3.63, 3.8) is 0 Å². The van der Waals surface area contributed by atoms with Gasteiger partial charge >= 0.3 is 5.97 Å². The molecule has 1 aromatic carbocycles. The largest absolute Gasteiger partial charge is 0.507 e. The van der Waals surface area contributed by atoms with Crippen LogP contribution in [-0.2, 0) is 20.4 Å². The molecule has 0 atom stereocenters. The Balaban J connectivity index is 3.62. The second-order valence-corrected chi connectivity index (χ2v) is 7.26. The van der Waals surface area contributed by atoms with Gasteiger partial charge in [0.2, 0.25) is 0 Å². The summed E-state index contributed by atoms with van der Waals surface area (Å²) in [6.45, 7) is 7.50. The third-order valence-electron chi connectivity index (χ3n) is 4.25. The molecule has 0 unspecified atom stereocenters. The van der Waals surface area contributed by atoms with Gasteiger partial charge in [-0.2, -0.15) is 10.5 Å². The molecule has 0 fully saturated rings. The van der Waals surface area contributed by atoms with Crippen molar-refractivity contribution in [2.75, 3.05) is 7.11 Å². The molecule has 0 aliphatic rings. The number of benzene rings is 1. The molecule has 0 aliphatic heterocycles. The predicted molar refractivity (Wildman–Crippen MR) is 95.7 cm³/mol. The van der Waals surface area contributed by atoms with E-state index in [4.69, 9.17) is 10.5 Å². The van der Waals surface area contributed by atoms with Gasteiger partial charge in [0, 0.05) is 40.9 Å². The van der Waals surface area contributed by atoms with E-state index >= 15 is 0 Å². The maximum absolute atomic E-state index is 11.4. The average molecular weight is 340 g/mol. The van der Waals surface area contributed by atoms with Crippen LogP contribution in [0.1, 0.15) is 57.2 Å². The summed E-state index contributed by atoms with van der Waals surface area (Å²) in [5, 5.41) is 29.0. The molecule has 0 aliphatic carbocycles. The van der Waals surface area contributed by atoms with Crippen LogP contribution in [0.25, 0.3) is 6.08 Å². The van der Waals surface area contributed by atoms with Crippen molar-refractivity contribution in [1.29, 1.82) is 10.5 Å². The van der Waals surface area contributed by atoms with Gasteiger partial charge in [0.25, 0.3) is 0 Å². The molecule has 0 aromatic heterocycles.